The molecule has 2 aromatic rings. The predicted molar refractivity (Wildman–Crippen MR) is 78.1 cm³/mol. The van der Waals surface area contributed by atoms with E-state index in [2.05, 4.69) is 5.32 Å². The molecule has 0 unspecified atom stereocenters. The fourth-order valence-corrected chi connectivity index (χ4v) is 2.75. The third-order valence-electron chi connectivity index (χ3n) is 3.12. The highest BCUT2D eigenvalue weighted by Crippen LogP contribution is 2.21. The van der Waals surface area contributed by atoms with E-state index < -0.39 is 4.92 Å². The lowest BCUT2D eigenvalue weighted by molar-refractivity contribution is -0.385. The van der Waals surface area contributed by atoms with Gasteiger partial charge in [-0.15, -0.1) is 11.3 Å². The lowest BCUT2D eigenvalue weighted by atomic mass is 10.1. The summed E-state index contributed by atoms with van der Waals surface area (Å²) in [4.78, 5) is 23.6. The van der Waals surface area contributed by atoms with Gasteiger partial charge in [-0.2, -0.15) is 0 Å². The molecule has 0 radical (unpaired) electrons. The number of amides is 1. The van der Waals surface area contributed by atoms with Gasteiger partial charge in [0.2, 0.25) is 0 Å². The molecule has 0 atom stereocenters. The van der Waals surface area contributed by atoms with Crippen LogP contribution in [0.2, 0.25) is 0 Å². The molecule has 1 amide bonds. The van der Waals surface area contributed by atoms with Crippen molar-refractivity contribution in [2.75, 3.05) is 0 Å². The Labute approximate surface area is 120 Å². The molecule has 104 valence electrons. The van der Waals surface area contributed by atoms with Crippen LogP contribution in [0.5, 0.6) is 0 Å². The number of carbonyl (C=O) groups excluding carboxylic acids is 1. The average molecular weight is 290 g/mol. The minimum Gasteiger partial charge on any atom is -0.347 e. The van der Waals surface area contributed by atoms with Crippen molar-refractivity contribution in [3.05, 3.63) is 61.3 Å². The van der Waals surface area contributed by atoms with E-state index in [-0.39, 0.29) is 11.6 Å². The quantitative estimate of drug-likeness (QED) is 0.694. The van der Waals surface area contributed by atoms with Crippen molar-refractivity contribution in [3.63, 3.8) is 0 Å². The fraction of sp³-hybridized carbons (Fsp3) is 0.214. The summed E-state index contributed by atoms with van der Waals surface area (Å²) < 4.78 is 0. The fourth-order valence-electron chi connectivity index (χ4n) is 1.91. The maximum atomic E-state index is 12.1. The maximum Gasteiger partial charge on any atom is 0.273 e. The van der Waals surface area contributed by atoms with E-state index in [0.29, 0.717) is 17.7 Å². The zero-order chi connectivity index (χ0) is 14.7. The van der Waals surface area contributed by atoms with E-state index in [1.165, 1.54) is 12.1 Å². The van der Waals surface area contributed by atoms with Crippen LogP contribution < -0.4 is 5.32 Å². The van der Waals surface area contributed by atoms with Crippen molar-refractivity contribution in [1.29, 1.82) is 0 Å². The van der Waals surface area contributed by atoms with Crippen LogP contribution in [0.4, 0.5) is 5.69 Å². The molecule has 2 rings (SSSR count). The highest BCUT2D eigenvalue weighted by atomic mass is 32.1. The highest BCUT2D eigenvalue weighted by molar-refractivity contribution is 7.10. The van der Waals surface area contributed by atoms with E-state index in [4.69, 9.17) is 0 Å². The molecule has 0 spiro atoms. The van der Waals surface area contributed by atoms with E-state index in [1.54, 1.807) is 24.3 Å². The van der Waals surface area contributed by atoms with Gasteiger partial charge in [0.15, 0.2) is 0 Å². The molecule has 0 aliphatic carbocycles. The van der Waals surface area contributed by atoms with Gasteiger partial charge in [-0.25, -0.2) is 0 Å². The van der Waals surface area contributed by atoms with Gasteiger partial charge in [-0.1, -0.05) is 6.07 Å². The number of benzene rings is 1. The molecule has 0 bridgehead atoms. The normalized spacial score (nSPS) is 10.3. The van der Waals surface area contributed by atoms with Gasteiger partial charge in [0.25, 0.3) is 11.6 Å². The predicted octanol–water partition coefficient (Wildman–Crippen LogP) is 3.20. The maximum absolute atomic E-state index is 12.1. The van der Waals surface area contributed by atoms with Crippen molar-refractivity contribution in [2.45, 2.75) is 20.4 Å². The Balaban J connectivity index is 2.16. The van der Waals surface area contributed by atoms with Gasteiger partial charge in [-0.3, -0.25) is 14.9 Å². The number of aryl methyl sites for hydroxylation is 1. The molecule has 1 N–H and O–H groups in total. The Kier molecular flexibility index (Phi) is 4.14. The first kappa shape index (κ1) is 14.2. The number of nitro benzene ring substituents is 1. The molecule has 0 aliphatic rings. The molecule has 1 aromatic heterocycles. The van der Waals surface area contributed by atoms with Crippen LogP contribution in [0.25, 0.3) is 0 Å². The lowest BCUT2D eigenvalue weighted by Gasteiger charge is -2.07. The topological polar surface area (TPSA) is 72.2 Å². The Morgan fingerprint density at radius 1 is 1.35 bits per heavy atom. The van der Waals surface area contributed by atoms with Crippen LogP contribution in [-0.2, 0) is 6.54 Å². The number of hydrogen-bond donors (Lipinski definition) is 1. The van der Waals surface area contributed by atoms with Crippen LogP contribution in [0, 0.1) is 24.0 Å². The largest absolute Gasteiger partial charge is 0.347 e. The van der Waals surface area contributed by atoms with Crippen LogP contribution in [-0.4, -0.2) is 10.8 Å². The number of nitrogens with zero attached hydrogens (tertiary/aromatic N) is 1. The van der Waals surface area contributed by atoms with Crippen LogP contribution in [0.3, 0.4) is 0 Å². The molecule has 0 fully saturated rings. The molecule has 0 saturated carbocycles. The summed E-state index contributed by atoms with van der Waals surface area (Å²) in [5, 5.41) is 15.6. The first-order chi connectivity index (χ1) is 9.50. The number of hydrogen-bond acceptors (Lipinski definition) is 4. The first-order valence-corrected chi connectivity index (χ1v) is 6.94. The average Bonchev–Trinajstić information content (AvgIpc) is 2.81. The number of carbonyl (C=O) groups is 1. The Morgan fingerprint density at radius 3 is 2.70 bits per heavy atom. The van der Waals surface area contributed by atoms with Gasteiger partial charge >= 0.3 is 0 Å². The SMILES string of the molecule is Cc1ccsc1CNC(=O)c1cccc([N+](=O)[O-])c1C. The Hall–Kier alpha value is -2.21. The second-order valence-corrected chi connectivity index (χ2v) is 5.42. The zero-order valence-corrected chi connectivity index (χ0v) is 12.0. The monoisotopic (exact) mass is 290 g/mol. The van der Waals surface area contributed by atoms with Crippen molar-refractivity contribution in [1.82, 2.24) is 5.32 Å². The van der Waals surface area contributed by atoms with Gasteiger partial charge in [0, 0.05) is 22.1 Å². The molecular formula is C14H14N2O3S. The summed E-state index contributed by atoms with van der Waals surface area (Å²) in [5.74, 6) is -0.293. The molecule has 1 aromatic carbocycles. The molecular weight excluding hydrogens is 276 g/mol. The van der Waals surface area contributed by atoms with Crippen LogP contribution in [0.15, 0.2) is 29.6 Å². The highest BCUT2D eigenvalue weighted by Gasteiger charge is 2.17. The van der Waals surface area contributed by atoms with Crippen LogP contribution in [0.1, 0.15) is 26.4 Å². The van der Waals surface area contributed by atoms with Gasteiger partial charge in [-0.05, 0) is 36.9 Å². The molecule has 0 saturated heterocycles. The van der Waals surface area contributed by atoms with Crippen molar-refractivity contribution in [3.8, 4) is 0 Å². The summed E-state index contributed by atoms with van der Waals surface area (Å²) in [7, 11) is 0. The van der Waals surface area contributed by atoms with Gasteiger partial charge in [0.05, 0.1) is 11.5 Å². The standard InChI is InChI=1S/C14H14N2O3S/c1-9-6-7-20-13(9)8-15-14(17)11-4-3-5-12(10(11)2)16(18)19/h3-7H,8H2,1-2H3,(H,15,17). The van der Waals surface area contributed by atoms with Gasteiger partial charge < -0.3 is 5.32 Å². The van der Waals surface area contributed by atoms with E-state index in [1.807, 2.05) is 18.4 Å². The summed E-state index contributed by atoms with van der Waals surface area (Å²) in [5.41, 5.74) is 1.82. The second kappa shape index (κ2) is 5.83. The lowest BCUT2D eigenvalue weighted by Crippen LogP contribution is -2.23. The van der Waals surface area contributed by atoms with Crippen LogP contribution >= 0.6 is 11.3 Å². The number of rotatable bonds is 4. The van der Waals surface area contributed by atoms with Gasteiger partial charge in [0.1, 0.15) is 0 Å². The summed E-state index contributed by atoms with van der Waals surface area (Å²) >= 11 is 1.58. The summed E-state index contributed by atoms with van der Waals surface area (Å²) in [6, 6.07) is 6.51. The smallest absolute Gasteiger partial charge is 0.273 e. The molecule has 0 aliphatic heterocycles. The van der Waals surface area contributed by atoms with E-state index in [0.717, 1.165) is 10.4 Å². The Bertz CT molecular complexity index is 664. The molecule has 6 heteroatoms. The third kappa shape index (κ3) is 2.85. The van der Waals surface area contributed by atoms with Crippen molar-refractivity contribution >= 4 is 22.9 Å². The molecule has 5 nitrogen and oxygen atoms in total. The summed E-state index contributed by atoms with van der Waals surface area (Å²) in [6.07, 6.45) is 0. The Morgan fingerprint density at radius 2 is 2.10 bits per heavy atom. The number of nitro groups is 1. The number of nitrogens with one attached hydrogen (secondary N) is 1. The van der Waals surface area contributed by atoms with E-state index in [9.17, 15) is 14.9 Å². The van der Waals surface area contributed by atoms with Crippen molar-refractivity contribution in [2.24, 2.45) is 0 Å². The third-order valence-corrected chi connectivity index (χ3v) is 4.15. The minimum absolute atomic E-state index is 0.0371. The van der Waals surface area contributed by atoms with E-state index >= 15 is 0 Å². The first-order valence-electron chi connectivity index (χ1n) is 6.06. The molecule has 1 heterocycles. The minimum atomic E-state index is -0.477. The molecule has 20 heavy (non-hydrogen) atoms. The van der Waals surface area contributed by atoms with Crippen molar-refractivity contribution < 1.29 is 9.72 Å². The second-order valence-electron chi connectivity index (χ2n) is 4.42. The number of thiophene rings is 1. The zero-order valence-electron chi connectivity index (χ0n) is 11.2. The summed E-state index contributed by atoms with van der Waals surface area (Å²) in [6.45, 7) is 4.00.